The van der Waals surface area contributed by atoms with Gasteiger partial charge in [0.2, 0.25) is 0 Å². The summed E-state index contributed by atoms with van der Waals surface area (Å²) in [6.07, 6.45) is -0.878. The lowest BCUT2D eigenvalue weighted by Gasteiger charge is -2.09. The molecule has 0 N–H and O–H groups in total. The molecule has 0 aliphatic heterocycles. The third kappa shape index (κ3) is 6.07. The van der Waals surface area contributed by atoms with Crippen molar-refractivity contribution < 1.29 is 35.9 Å². The summed E-state index contributed by atoms with van der Waals surface area (Å²) < 4.78 is 85.3. The van der Waals surface area contributed by atoms with E-state index < -0.39 is 40.5 Å². The molecule has 0 radical (unpaired) electrons. The average Bonchev–Trinajstić information content (AvgIpc) is 2.73. The molecule has 2 nitrogen and oxygen atoms in total. The monoisotopic (exact) mass is 464 g/mol. The maximum atomic E-state index is 14.6. The third-order valence-electron chi connectivity index (χ3n) is 4.85. The van der Waals surface area contributed by atoms with Crippen LogP contribution in [-0.2, 0) is 6.42 Å². The topological polar surface area (TPSA) is 26.3 Å². The van der Waals surface area contributed by atoms with Crippen LogP contribution in [0.1, 0.15) is 47.7 Å². The number of alkyl halides is 3. The molecule has 0 heterocycles. The van der Waals surface area contributed by atoms with Crippen molar-refractivity contribution in [2.45, 2.75) is 38.8 Å². The van der Waals surface area contributed by atoms with Gasteiger partial charge in [0.1, 0.15) is 17.4 Å². The fourth-order valence-corrected chi connectivity index (χ4v) is 3.25. The van der Waals surface area contributed by atoms with Gasteiger partial charge >= 0.3 is 12.1 Å². The average molecular weight is 464 g/mol. The first-order valence-corrected chi connectivity index (χ1v) is 10.1. The largest absolute Gasteiger partial charge is 0.458 e. The number of benzene rings is 3. The molecule has 0 saturated heterocycles. The number of fused-ring (bicyclic) bond motifs is 1. The van der Waals surface area contributed by atoms with E-state index in [0.717, 1.165) is 43.2 Å². The Morgan fingerprint density at radius 3 is 2.30 bits per heavy atom. The summed E-state index contributed by atoms with van der Waals surface area (Å²) in [6.45, 7) is 2.10. The van der Waals surface area contributed by atoms with Gasteiger partial charge in [-0.05, 0) is 54.1 Å². The van der Waals surface area contributed by atoms with E-state index in [0.29, 0.717) is 12.1 Å². The van der Waals surface area contributed by atoms with Crippen molar-refractivity contribution in [3.05, 3.63) is 76.6 Å². The lowest BCUT2D eigenvalue weighted by atomic mass is 10.0. The van der Waals surface area contributed by atoms with Crippen LogP contribution >= 0.6 is 0 Å². The second-order valence-electron chi connectivity index (χ2n) is 7.34. The quantitative estimate of drug-likeness (QED) is 0.128. The minimum Gasteiger partial charge on any atom is -0.423 e. The Morgan fingerprint density at radius 1 is 0.970 bits per heavy atom. The lowest BCUT2D eigenvalue weighted by Crippen LogP contribution is -2.09. The molecule has 0 fully saturated rings. The number of esters is 1. The standard InChI is InChI=1S/C25H18F6O2/c1-2-3-4-5-15-6-8-18(9-7-15)33-24(32)17-12-16-13-20(26)19(10-11-25(29,30)31)23(28)22(16)21(27)14-17/h6-9,12-14H,2-5H2,1H3. The Labute approximate surface area is 186 Å². The highest BCUT2D eigenvalue weighted by atomic mass is 19.4. The van der Waals surface area contributed by atoms with Gasteiger partial charge in [-0.2, -0.15) is 13.2 Å². The van der Waals surface area contributed by atoms with Crippen molar-refractivity contribution in [3.63, 3.8) is 0 Å². The molecule has 8 heteroatoms. The number of halogens is 6. The normalized spacial score (nSPS) is 11.2. The van der Waals surface area contributed by atoms with E-state index >= 15 is 0 Å². The number of carbonyl (C=O) groups excluding carboxylic acids is 1. The Kier molecular flexibility index (Phi) is 7.32. The summed E-state index contributed by atoms with van der Waals surface area (Å²) >= 11 is 0. The zero-order valence-corrected chi connectivity index (χ0v) is 17.5. The van der Waals surface area contributed by atoms with Crippen LogP contribution in [0.25, 0.3) is 10.8 Å². The van der Waals surface area contributed by atoms with Crippen LogP contribution < -0.4 is 4.74 Å². The molecule has 172 valence electrons. The van der Waals surface area contributed by atoms with Crippen molar-refractivity contribution >= 4 is 16.7 Å². The summed E-state index contributed by atoms with van der Waals surface area (Å²) in [7, 11) is 0. The Hall–Kier alpha value is -3.47. The summed E-state index contributed by atoms with van der Waals surface area (Å²) in [6, 6.07) is 9.05. The maximum absolute atomic E-state index is 14.6. The number of hydrogen-bond acceptors (Lipinski definition) is 2. The predicted molar refractivity (Wildman–Crippen MR) is 111 cm³/mol. The summed E-state index contributed by atoms with van der Waals surface area (Å²) in [4.78, 5) is 12.4. The molecular formula is C25H18F6O2. The van der Waals surface area contributed by atoms with Crippen LogP contribution in [0, 0.1) is 29.3 Å². The van der Waals surface area contributed by atoms with Gasteiger partial charge < -0.3 is 4.74 Å². The van der Waals surface area contributed by atoms with Gasteiger partial charge in [-0.15, -0.1) is 0 Å². The number of carbonyl (C=O) groups is 1. The van der Waals surface area contributed by atoms with Crippen LogP contribution in [0.15, 0.2) is 42.5 Å². The van der Waals surface area contributed by atoms with E-state index in [9.17, 15) is 31.1 Å². The fraction of sp³-hybridized carbons (Fsp3) is 0.240. The maximum Gasteiger partial charge on any atom is 0.458 e. The molecule has 0 unspecified atom stereocenters. The van der Waals surface area contributed by atoms with Crippen molar-refractivity contribution in [2.24, 2.45) is 0 Å². The number of hydrogen-bond donors (Lipinski definition) is 0. The van der Waals surface area contributed by atoms with E-state index in [2.05, 4.69) is 6.92 Å². The van der Waals surface area contributed by atoms with Gasteiger partial charge in [0.05, 0.1) is 16.5 Å². The summed E-state index contributed by atoms with van der Waals surface area (Å²) in [5, 5.41) is -1.14. The molecule has 0 spiro atoms. The van der Waals surface area contributed by atoms with E-state index in [1.54, 1.807) is 24.3 Å². The number of rotatable bonds is 6. The first kappa shape index (κ1) is 24.2. The molecule has 0 atom stereocenters. The summed E-state index contributed by atoms with van der Waals surface area (Å²) in [5.41, 5.74) is -0.469. The van der Waals surface area contributed by atoms with Crippen LogP contribution in [0.2, 0.25) is 0 Å². The van der Waals surface area contributed by atoms with Crippen LogP contribution in [0.5, 0.6) is 5.75 Å². The Balaban J connectivity index is 1.87. The van der Waals surface area contributed by atoms with Gasteiger partial charge in [-0.1, -0.05) is 37.8 Å². The van der Waals surface area contributed by atoms with Crippen LogP contribution in [0.3, 0.4) is 0 Å². The third-order valence-corrected chi connectivity index (χ3v) is 4.85. The second-order valence-corrected chi connectivity index (χ2v) is 7.34. The zero-order chi connectivity index (χ0) is 24.2. The van der Waals surface area contributed by atoms with Crippen LogP contribution in [-0.4, -0.2) is 12.1 Å². The van der Waals surface area contributed by atoms with E-state index in [1.165, 1.54) is 5.92 Å². The SMILES string of the molecule is CCCCCc1ccc(OC(=O)c2cc(F)c3c(F)c(C#CC(F)(F)F)c(F)cc3c2)cc1. The molecule has 3 aromatic carbocycles. The zero-order valence-electron chi connectivity index (χ0n) is 17.5. The number of aryl methyl sites for hydroxylation is 1. The fourth-order valence-electron chi connectivity index (χ4n) is 3.25. The second kappa shape index (κ2) is 9.99. The molecule has 0 aliphatic rings. The van der Waals surface area contributed by atoms with E-state index in [1.807, 2.05) is 0 Å². The van der Waals surface area contributed by atoms with Crippen molar-refractivity contribution in [1.29, 1.82) is 0 Å². The molecule has 0 aromatic heterocycles. The van der Waals surface area contributed by atoms with Crippen molar-refractivity contribution in [3.8, 4) is 17.6 Å². The molecule has 0 bridgehead atoms. The minimum atomic E-state index is -4.98. The van der Waals surface area contributed by atoms with Crippen molar-refractivity contribution in [1.82, 2.24) is 0 Å². The van der Waals surface area contributed by atoms with Crippen LogP contribution in [0.4, 0.5) is 26.3 Å². The predicted octanol–water partition coefficient (Wildman–Crippen LogP) is 7.12. The molecular weight excluding hydrogens is 446 g/mol. The molecule has 0 saturated carbocycles. The molecule has 0 amide bonds. The van der Waals surface area contributed by atoms with Gasteiger partial charge in [0.25, 0.3) is 0 Å². The smallest absolute Gasteiger partial charge is 0.423 e. The Morgan fingerprint density at radius 2 is 1.67 bits per heavy atom. The highest BCUT2D eigenvalue weighted by Crippen LogP contribution is 2.28. The van der Waals surface area contributed by atoms with E-state index in [4.69, 9.17) is 4.74 Å². The number of ether oxygens (including phenoxy) is 1. The lowest BCUT2D eigenvalue weighted by molar-refractivity contribution is -0.0696. The van der Waals surface area contributed by atoms with E-state index in [-0.39, 0.29) is 16.7 Å². The van der Waals surface area contributed by atoms with Gasteiger partial charge in [0, 0.05) is 5.92 Å². The molecule has 33 heavy (non-hydrogen) atoms. The Bertz CT molecular complexity index is 1230. The van der Waals surface area contributed by atoms with Gasteiger partial charge in [-0.3, -0.25) is 0 Å². The highest BCUT2D eigenvalue weighted by molar-refractivity contribution is 5.97. The molecule has 3 rings (SSSR count). The van der Waals surface area contributed by atoms with Crippen molar-refractivity contribution in [2.75, 3.05) is 0 Å². The van der Waals surface area contributed by atoms with Gasteiger partial charge in [-0.25, -0.2) is 18.0 Å². The summed E-state index contributed by atoms with van der Waals surface area (Å²) in [5.74, 6) is -2.93. The first-order valence-electron chi connectivity index (χ1n) is 10.1. The first-order chi connectivity index (χ1) is 15.6. The molecule has 3 aromatic rings. The highest BCUT2D eigenvalue weighted by Gasteiger charge is 2.24. The number of unbranched alkanes of at least 4 members (excludes halogenated alkanes) is 2. The van der Waals surface area contributed by atoms with Gasteiger partial charge in [0.15, 0.2) is 5.82 Å². The minimum absolute atomic E-state index is 0.204. The molecule has 0 aliphatic carbocycles.